The van der Waals surface area contributed by atoms with Gasteiger partial charge in [0.2, 0.25) is 0 Å². The molecule has 0 bridgehead atoms. The van der Waals surface area contributed by atoms with Crippen LogP contribution in [0.1, 0.15) is 86.0 Å². The number of carbonyl (C=O) groups is 1. The van der Waals surface area contributed by atoms with E-state index in [0.717, 1.165) is 12.8 Å². The fourth-order valence-corrected chi connectivity index (χ4v) is 2.09. The van der Waals surface area contributed by atoms with E-state index in [4.69, 9.17) is 9.90 Å². The minimum atomic E-state index is -0.833. The molecule has 3 nitrogen and oxygen atoms in total. The van der Waals surface area contributed by atoms with Crippen molar-refractivity contribution in [1.82, 2.24) is 0 Å². The summed E-state index contributed by atoms with van der Waals surface area (Å²) < 4.78 is 0. The van der Waals surface area contributed by atoms with E-state index in [1.165, 1.54) is 51.4 Å². The monoisotopic (exact) mass is 288 g/mol. The highest BCUT2D eigenvalue weighted by molar-refractivity contribution is 5.62. The molecule has 0 radical (unpaired) electrons. The lowest BCUT2D eigenvalue weighted by molar-refractivity contribution is -0.134. The molecule has 0 aliphatic heterocycles. The molecule has 0 spiro atoms. The molecule has 2 N–H and O–H groups in total. The van der Waals surface area contributed by atoms with Gasteiger partial charge in [0.25, 0.3) is 5.97 Å². The lowest BCUT2D eigenvalue weighted by atomic mass is 9.93. The Morgan fingerprint density at radius 2 is 1.45 bits per heavy atom. The second-order valence-electron chi connectivity index (χ2n) is 6.12. The van der Waals surface area contributed by atoms with E-state index in [1.807, 2.05) is 6.92 Å². The summed E-state index contributed by atoms with van der Waals surface area (Å²) in [5, 5.41) is 16.8. The van der Waals surface area contributed by atoms with Crippen LogP contribution in [-0.2, 0) is 4.79 Å². The van der Waals surface area contributed by atoms with Crippen molar-refractivity contribution in [1.29, 1.82) is 0 Å². The molecular weight excluding hydrogens is 252 g/mol. The van der Waals surface area contributed by atoms with Gasteiger partial charge in [0.15, 0.2) is 0 Å². The van der Waals surface area contributed by atoms with E-state index in [2.05, 4.69) is 20.8 Å². The first-order valence-electron chi connectivity index (χ1n) is 8.18. The average Bonchev–Trinajstić information content (AvgIpc) is 2.33. The molecular formula is C17H36O3. The van der Waals surface area contributed by atoms with E-state index >= 15 is 0 Å². The fourth-order valence-electron chi connectivity index (χ4n) is 2.09. The Hall–Kier alpha value is -0.570. The molecule has 0 saturated carbocycles. The number of aliphatic hydroxyl groups is 1. The maximum atomic E-state index is 9.39. The van der Waals surface area contributed by atoms with Crippen molar-refractivity contribution in [2.45, 2.75) is 92.1 Å². The third kappa shape index (κ3) is 19.8. The topological polar surface area (TPSA) is 57.5 Å². The number of aliphatic carboxylic acids is 1. The zero-order chi connectivity index (χ0) is 16.0. The molecule has 0 aromatic carbocycles. The molecule has 20 heavy (non-hydrogen) atoms. The summed E-state index contributed by atoms with van der Waals surface area (Å²) in [5.74, 6) is 0.505. The van der Waals surface area contributed by atoms with Gasteiger partial charge in [-0.2, -0.15) is 0 Å². The predicted molar refractivity (Wildman–Crippen MR) is 85.9 cm³/mol. The molecule has 122 valence electrons. The van der Waals surface area contributed by atoms with Crippen molar-refractivity contribution in [3.8, 4) is 0 Å². The van der Waals surface area contributed by atoms with E-state index in [-0.39, 0.29) is 6.10 Å². The highest BCUT2D eigenvalue weighted by Crippen LogP contribution is 2.19. The van der Waals surface area contributed by atoms with Gasteiger partial charge < -0.3 is 10.2 Å². The minimum absolute atomic E-state index is 0.139. The van der Waals surface area contributed by atoms with Crippen molar-refractivity contribution in [3.63, 3.8) is 0 Å². The SMILES string of the molecule is CC(=O)O.CCCCCC[C@@H](C)CCC[C@@H](C)[C@H](C)O. The van der Waals surface area contributed by atoms with Gasteiger partial charge in [-0.1, -0.05) is 65.7 Å². The largest absolute Gasteiger partial charge is 0.481 e. The smallest absolute Gasteiger partial charge is 0.300 e. The lowest BCUT2D eigenvalue weighted by Gasteiger charge is -2.16. The second kappa shape index (κ2) is 14.8. The van der Waals surface area contributed by atoms with Crippen LogP contribution in [0.5, 0.6) is 0 Å². The number of hydrogen-bond donors (Lipinski definition) is 2. The van der Waals surface area contributed by atoms with Crippen LogP contribution in [0.4, 0.5) is 0 Å². The molecule has 0 heterocycles. The lowest BCUT2D eigenvalue weighted by Crippen LogP contribution is -2.13. The maximum absolute atomic E-state index is 9.39. The molecule has 3 atom stereocenters. The zero-order valence-electron chi connectivity index (χ0n) is 14.2. The van der Waals surface area contributed by atoms with E-state index in [9.17, 15) is 5.11 Å². The summed E-state index contributed by atoms with van der Waals surface area (Å²) in [7, 11) is 0. The number of carboxylic acid groups (broad SMARTS) is 1. The Labute approximate surface area is 125 Å². The molecule has 0 fully saturated rings. The van der Waals surface area contributed by atoms with Crippen molar-refractivity contribution < 1.29 is 15.0 Å². The predicted octanol–water partition coefficient (Wildman–Crippen LogP) is 4.87. The summed E-state index contributed by atoms with van der Waals surface area (Å²) >= 11 is 0. The van der Waals surface area contributed by atoms with Crippen LogP contribution < -0.4 is 0 Å². The molecule has 0 aromatic heterocycles. The van der Waals surface area contributed by atoms with Crippen LogP contribution >= 0.6 is 0 Å². The Morgan fingerprint density at radius 1 is 0.950 bits per heavy atom. The van der Waals surface area contributed by atoms with Crippen LogP contribution in [0.2, 0.25) is 0 Å². The van der Waals surface area contributed by atoms with Crippen LogP contribution in [0.3, 0.4) is 0 Å². The average molecular weight is 288 g/mol. The van der Waals surface area contributed by atoms with Crippen molar-refractivity contribution in [2.75, 3.05) is 0 Å². The Kier molecular flexibility index (Phi) is 16.1. The van der Waals surface area contributed by atoms with Crippen molar-refractivity contribution >= 4 is 5.97 Å². The molecule has 0 rings (SSSR count). The quantitative estimate of drug-likeness (QED) is 0.564. The number of aliphatic hydroxyl groups excluding tert-OH is 1. The second-order valence-corrected chi connectivity index (χ2v) is 6.12. The number of carboxylic acids is 1. The van der Waals surface area contributed by atoms with Gasteiger partial charge >= 0.3 is 0 Å². The molecule has 0 unspecified atom stereocenters. The number of hydrogen-bond acceptors (Lipinski definition) is 2. The first-order valence-corrected chi connectivity index (χ1v) is 8.18. The normalized spacial score (nSPS) is 14.9. The highest BCUT2D eigenvalue weighted by atomic mass is 16.4. The van der Waals surface area contributed by atoms with Gasteiger partial charge in [-0.3, -0.25) is 4.79 Å². The maximum Gasteiger partial charge on any atom is 0.300 e. The number of rotatable bonds is 10. The molecule has 0 aromatic rings. The van der Waals surface area contributed by atoms with Crippen molar-refractivity contribution in [3.05, 3.63) is 0 Å². The summed E-state index contributed by atoms with van der Waals surface area (Å²) in [6, 6.07) is 0. The van der Waals surface area contributed by atoms with Gasteiger partial charge in [-0.25, -0.2) is 0 Å². The minimum Gasteiger partial charge on any atom is -0.481 e. The molecule has 3 heteroatoms. The van der Waals surface area contributed by atoms with Crippen LogP contribution in [0.15, 0.2) is 0 Å². The van der Waals surface area contributed by atoms with Gasteiger partial charge in [0.05, 0.1) is 6.10 Å². The standard InChI is InChI=1S/C15H32O.C2H4O2/c1-5-6-7-8-10-13(2)11-9-12-14(3)15(4)16;1-2(3)4/h13-16H,5-12H2,1-4H3;1H3,(H,3,4)/t13-,14-,15+;/m1./s1. The molecule has 0 aliphatic carbocycles. The van der Waals surface area contributed by atoms with E-state index < -0.39 is 5.97 Å². The Balaban J connectivity index is 0. The van der Waals surface area contributed by atoms with Crippen molar-refractivity contribution in [2.24, 2.45) is 11.8 Å². The van der Waals surface area contributed by atoms with Gasteiger partial charge in [-0.05, 0) is 25.2 Å². The molecule has 0 aliphatic rings. The zero-order valence-corrected chi connectivity index (χ0v) is 14.2. The summed E-state index contributed by atoms with van der Waals surface area (Å²) in [5.41, 5.74) is 0. The van der Waals surface area contributed by atoms with Gasteiger partial charge in [0, 0.05) is 6.92 Å². The highest BCUT2D eigenvalue weighted by Gasteiger charge is 2.09. The van der Waals surface area contributed by atoms with E-state index in [1.54, 1.807) is 0 Å². The third-order valence-electron chi connectivity index (χ3n) is 3.73. The summed E-state index contributed by atoms with van der Waals surface area (Å²) in [6.45, 7) is 9.77. The third-order valence-corrected chi connectivity index (χ3v) is 3.73. The van der Waals surface area contributed by atoms with Gasteiger partial charge in [-0.15, -0.1) is 0 Å². The molecule has 0 saturated heterocycles. The van der Waals surface area contributed by atoms with Crippen LogP contribution in [-0.4, -0.2) is 22.3 Å². The summed E-state index contributed by atoms with van der Waals surface area (Å²) in [4.78, 5) is 9.00. The Bertz CT molecular complexity index is 210. The first-order chi connectivity index (χ1) is 9.31. The van der Waals surface area contributed by atoms with Gasteiger partial charge in [0.1, 0.15) is 0 Å². The van der Waals surface area contributed by atoms with E-state index in [0.29, 0.717) is 5.92 Å². The van der Waals surface area contributed by atoms with Crippen LogP contribution in [0, 0.1) is 11.8 Å². The summed E-state index contributed by atoms with van der Waals surface area (Å²) in [6.07, 6.45) is 10.6. The first kappa shape index (κ1) is 21.7. The molecule has 0 amide bonds. The fraction of sp³-hybridized carbons (Fsp3) is 0.941. The van der Waals surface area contributed by atoms with Crippen LogP contribution in [0.25, 0.3) is 0 Å². The number of unbranched alkanes of at least 4 members (excludes halogenated alkanes) is 3. The Morgan fingerprint density at radius 3 is 1.90 bits per heavy atom.